The van der Waals surface area contributed by atoms with Crippen molar-refractivity contribution in [2.45, 2.75) is 116 Å². The van der Waals surface area contributed by atoms with Gasteiger partial charge in [0.25, 0.3) is 0 Å². The molecule has 2 amide bonds. The second-order valence-corrected chi connectivity index (χ2v) is 18.9. The van der Waals surface area contributed by atoms with E-state index in [0.717, 1.165) is 51.4 Å². The largest absolute Gasteiger partial charge is 0.552 e. The van der Waals surface area contributed by atoms with Crippen LogP contribution in [-0.2, 0) is 34.6 Å². The van der Waals surface area contributed by atoms with Crippen LogP contribution in [0.5, 0.6) is 0 Å². The zero-order chi connectivity index (χ0) is 47.3. The maximum absolute atomic E-state index is 14.8. The van der Waals surface area contributed by atoms with Crippen LogP contribution in [0.2, 0.25) is 0 Å². The normalized spacial score (nSPS) is 31.8. The summed E-state index contributed by atoms with van der Waals surface area (Å²) < 4.78 is 19.4. The van der Waals surface area contributed by atoms with E-state index < -0.39 is 91.2 Å². The van der Waals surface area contributed by atoms with Gasteiger partial charge in [0.15, 0.2) is 40.9 Å². The van der Waals surface area contributed by atoms with Gasteiger partial charge in [-0.1, -0.05) is 29.9 Å². The number of ketones is 2. The molecular formula is C47H54N6O13+2. The first kappa shape index (κ1) is 44.0. The van der Waals surface area contributed by atoms with Gasteiger partial charge in [-0.15, -0.1) is 0 Å². The molecule has 2 aromatic rings. The minimum absolute atomic E-state index is 0.0493. The van der Waals surface area contributed by atoms with Crippen LogP contribution in [-0.4, -0.2) is 141 Å². The predicted octanol–water partition coefficient (Wildman–Crippen LogP) is -1.23. The maximum Gasteiger partial charge on any atom is 0.552 e. The number of carbonyl (C=O) groups is 6. The van der Waals surface area contributed by atoms with Crippen molar-refractivity contribution >= 4 is 70.5 Å². The van der Waals surface area contributed by atoms with Crippen molar-refractivity contribution in [3.63, 3.8) is 0 Å². The molecule has 1 fully saturated rings. The van der Waals surface area contributed by atoms with Crippen molar-refractivity contribution in [1.29, 1.82) is 0 Å². The van der Waals surface area contributed by atoms with Gasteiger partial charge in [0.1, 0.15) is 30.4 Å². The summed E-state index contributed by atoms with van der Waals surface area (Å²) in [4.78, 5) is 81.8. The van der Waals surface area contributed by atoms with Crippen LogP contribution in [0.25, 0.3) is 23.8 Å². The van der Waals surface area contributed by atoms with Crippen molar-refractivity contribution in [3.8, 4) is 0 Å². The number of rotatable bonds is 13. The minimum Gasteiger partial charge on any atom is -0.480 e. The molecule has 0 bridgehead atoms. The quantitative estimate of drug-likeness (QED) is 0.0539. The molecular weight excluding hydrogens is 857 g/mol. The lowest BCUT2D eigenvalue weighted by molar-refractivity contribution is -0.837. The minimum atomic E-state index is -1.77. The topological polar surface area (TPSA) is 262 Å². The lowest BCUT2D eigenvalue weighted by Crippen LogP contribution is -2.70. The number of Topliss-reactive ketones (excluding diaryl/α,β-unsaturated/α-hetero) is 2. The Morgan fingerprint density at radius 3 is 2.26 bits per heavy atom. The number of carboxylic acids is 1. The van der Waals surface area contributed by atoms with E-state index in [4.69, 9.17) is 9.47 Å². The number of hydrogen-bond acceptors (Lipinski definition) is 12. The highest BCUT2D eigenvalue weighted by atomic mass is 16.6. The monoisotopic (exact) mass is 910 g/mol. The number of aliphatic carboxylic acids is 1. The molecule has 12 atom stereocenters. The molecule has 10 rings (SSSR count). The molecule has 6 unspecified atom stereocenters. The Morgan fingerprint density at radius 2 is 1.61 bits per heavy atom. The van der Waals surface area contributed by atoms with E-state index >= 15 is 0 Å². The van der Waals surface area contributed by atoms with Crippen LogP contribution in [0.1, 0.15) is 103 Å². The summed E-state index contributed by atoms with van der Waals surface area (Å²) in [7, 11) is 1.25. The van der Waals surface area contributed by atoms with Crippen molar-refractivity contribution in [2.75, 3.05) is 13.7 Å². The number of carbonyl (C=O) groups excluding carboxylic acids is 5. The summed E-state index contributed by atoms with van der Waals surface area (Å²) in [5, 5.41) is 56.8. The van der Waals surface area contributed by atoms with Gasteiger partial charge in [-0.05, 0) is 51.2 Å². The van der Waals surface area contributed by atoms with Gasteiger partial charge in [-0.3, -0.25) is 24.0 Å². The molecule has 0 saturated carbocycles. The standard InChI is InChI=1S/C47H52N6O13/c1-8-22-17(2)25-15-30-34(21(6)55)19(4)27-13-26-18(3)23(9-11-32(56)48-24(44(61)62)10-12-33(57)49-38-43(60)41(58)31(16-54)66-46(38)64)39-36-37(45(63)65-7)42(59)35-20(5)28-14-29(22)50(25)47(51(27)30,52(26)39)53(28)40(35)36/h13-15,17-18,22-24,31,37-38,41,43,46,54,58,60,64H,8-12,16H2,1-7H3,(H-2,48,49,56,57,61,62)/p+2/t17-,18+,22-,23+,24+,31?,37?,38?,41?,43?,46?,47-/m1/s1. The van der Waals surface area contributed by atoms with Crippen LogP contribution < -0.4 is 21.3 Å². The molecule has 7 N–H and O–H groups in total. The predicted molar refractivity (Wildman–Crippen MR) is 231 cm³/mol. The van der Waals surface area contributed by atoms with E-state index in [1.165, 1.54) is 7.11 Å². The number of aliphatic hydroxyl groups is 4. The molecule has 19 heteroatoms. The molecule has 1 aliphatic carbocycles. The van der Waals surface area contributed by atoms with Crippen LogP contribution in [0, 0.1) is 43.4 Å². The SMILES string of the molecule is CC[C@H]1C2=[N+]3C(=Cc4c(C(C)=O)c(C)c5n4[C@]34n3c(c(C)c6c3=C(C3=[N+]4C(=C5)[C@@H](C)[C@@H]3CCC(=O)N[C@@H](CCC(=O)NC3C(O)OC(CO)C(O)C3O)C(=O)O)C(C(=O)OC)C6=O)=C2)[C@@H]1C. The highest BCUT2D eigenvalue weighted by Crippen LogP contribution is 2.56. The van der Waals surface area contributed by atoms with Gasteiger partial charge in [0.05, 0.1) is 65.0 Å². The number of ether oxygens (including phenoxy) is 2. The number of fused-ring (bicyclic) bond motifs is 1. The fourth-order valence-corrected chi connectivity index (χ4v) is 12.6. The molecule has 1 saturated heterocycles. The van der Waals surface area contributed by atoms with E-state index in [-0.39, 0.29) is 48.6 Å². The average molecular weight is 911 g/mol. The van der Waals surface area contributed by atoms with Crippen molar-refractivity contribution in [3.05, 3.63) is 55.7 Å². The third-order valence-electron chi connectivity index (χ3n) is 15.7. The highest BCUT2D eigenvalue weighted by molar-refractivity contribution is 6.34. The Morgan fingerprint density at radius 1 is 0.924 bits per heavy atom. The lowest BCUT2D eigenvalue weighted by Gasteiger charge is -2.40. The van der Waals surface area contributed by atoms with Gasteiger partial charge in [-0.25, -0.2) is 4.79 Å². The van der Waals surface area contributed by atoms with E-state index in [9.17, 15) is 54.3 Å². The Labute approximate surface area is 377 Å². The number of hydrogen-bond donors (Lipinski definition) is 7. The third-order valence-corrected chi connectivity index (χ3v) is 15.7. The van der Waals surface area contributed by atoms with Crippen molar-refractivity contribution in [2.24, 2.45) is 29.6 Å². The molecule has 8 aliphatic rings. The Balaban J connectivity index is 1.04. The molecule has 9 heterocycles. The number of aliphatic hydroxyl groups excluding tert-OH is 4. The molecule has 0 aromatic carbocycles. The van der Waals surface area contributed by atoms with Crippen LogP contribution >= 0.6 is 0 Å². The van der Waals surface area contributed by atoms with Crippen molar-refractivity contribution < 1.29 is 72.9 Å². The molecule has 348 valence electrons. The fraction of sp³-hybridized carbons (Fsp3) is 0.532. The summed E-state index contributed by atoms with van der Waals surface area (Å²) in [5.41, 5.74) is 8.30. The van der Waals surface area contributed by atoms with E-state index in [1.807, 2.05) is 20.8 Å². The first-order valence-electron chi connectivity index (χ1n) is 22.6. The van der Waals surface area contributed by atoms with Crippen LogP contribution in [0.4, 0.5) is 0 Å². The van der Waals surface area contributed by atoms with E-state index in [2.05, 4.69) is 61.0 Å². The fourth-order valence-electron chi connectivity index (χ4n) is 12.6. The molecule has 1 spiro atoms. The number of aromatic nitrogens is 2. The van der Waals surface area contributed by atoms with Gasteiger partial charge >= 0.3 is 17.8 Å². The van der Waals surface area contributed by atoms with Gasteiger partial charge in [-0.2, -0.15) is 9.13 Å². The molecule has 66 heavy (non-hydrogen) atoms. The number of nitrogens with one attached hydrogen (secondary N) is 2. The van der Waals surface area contributed by atoms with Crippen LogP contribution in [0.15, 0.2) is 11.4 Å². The second kappa shape index (κ2) is 15.1. The van der Waals surface area contributed by atoms with Crippen molar-refractivity contribution in [1.82, 2.24) is 19.8 Å². The summed E-state index contributed by atoms with van der Waals surface area (Å²) in [6, 6.07) is -2.98. The third kappa shape index (κ3) is 5.48. The van der Waals surface area contributed by atoms with Crippen LogP contribution in [0.3, 0.4) is 0 Å². The maximum atomic E-state index is 14.8. The number of carboxylic acid groups (broad SMARTS) is 1. The van der Waals surface area contributed by atoms with Gasteiger partial charge < -0.3 is 45.6 Å². The molecule has 2 aromatic heterocycles. The lowest BCUT2D eigenvalue weighted by atomic mass is 9.81. The molecule has 19 nitrogen and oxygen atoms in total. The zero-order valence-electron chi connectivity index (χ0n) is 37.6. The number of allylic oxidation sites excluding steroid dienone is 2. The summed E-state index contributed by atoms with van der Waals surface area (Å²) >= 11 is 0. The van der Waals surface area contributed by atoms with E-state index in [0.29, 0.717) is 27.8 Å². The number of esters is 1. The summed E-state index contributed by atoms with van der Waals surface area (Å²) in [6.45, 7) is 11.1. The Kier molecular flexibility index (Phi) is 10.1. The molecule has 7 aliphatic heterocycles. The van der Waals surface area contributed by atoms with Gasteiger partial charge in [0, 0.05) is 42.2 Å². The number of methoxy groups -OCH3 is 1. The average Bonchev–Trinajstić information content (AvgIpc) is 4.01. The summed E-state index contributed by atoms with van der Waals surface area (Å²) in [6.07, 6.45) is 0.0270. The Bertz CT molecular complexity index is 2920. The number of amides is 2. The second-order valence-electron chi connectivity index (χ2n) is 18.9. The highest BCUT2D eigenvalue weighted by Gasteiger charge is 2.77. The number of nitrogens with zero attached hydrogens (tertiary/aromatic N) is 4. The molecule has 0 radical (unpaired) electrons. The Hall–Kier alpha value is -5.86. The van der Waals surface area contributed by atoms with Gasteiger partial charge in [0.2, 0.25) is 17.5 Å². The summed E-state index contributed by atoms with van der Waals surface area (Å²) in [5.74, 6) is -7.17. The first-order chi connectivity index (χ1) is 31.4. The first-order valence-corrected chi connectivity index (χ1v) is 22.6. The van der Waals surface area contributed by atoms with E-state index in [1.54, 1.807) is 6.92 Å². The zero-order valence-corrected chi connectivity index (χ0v) is 37.6. The smallest absolute Gasteiger partial charge is 0.480 e.